The van der Waals surface area contributed by atoms with Gasteiger partial charge in [-0.05, 0) is 18.9 Å². The highest BCUT2D eigenvalue weighted by molar-refractivity contribution is 7.89. The van der Waals surface area contributed by atoms with Crippen LogP contribution < -0.4 is 15.6 Å². The Morgan fingerprint density at radius 2 is 2.00 bits per heavy atom. The zero-order valence-corrected chi connectivity index (χ0v) is 13.5. The van der Waals surface area contributed by atoms with Crippen LogP contribution in [0.25, 0.3) is 0 Å². The molecular weight excluding hydrogens is 318 g/mol. The predicted octanol–water partition coefficient (Wildman–Crippen LogP) is 0.467. The Morgan fingerprint density at radius 1 is 1.38 bits per heavy atom. The van der Waals surface area contributed by atoms with E-state index in [0.717, 1.165) is 12.3 Å². The number of hydrogen-bond acceptors (Lipinski definition) is 4. The second-order valence-electron chi connectivity index (χ2n) is 4.99. The van der Waals surface area contributed by atoms with E-state index in [2.05, 4.69) is 15.0 Å². The number of pyridine rings is 1. The number of hydrogen-bond donors (Lipinski definition) is 3. The molecule has 7 nitrogen and oxygen atoms in total. The summed E-state index contributed by atoms with van der Waals surface area (Å²) in [4.78, 5) is 24.9. The molecule has 1 aromatic rings. The zero-order valence-electron chi connectivity index (χ0n) is 11.9. The van der Waals surface area contributed by atoms with E-state index in [0.29, 0.717) is 6.54 Å². The molecule has 21 heavy (non-hydrogen) atoms. The van der Waals surface area contributed by atoms with Crippen LogP contribution in [-0.2, 0) is 14.8 Å². The Bertz CT molecular complexity index is 669. The van der Waals surface area contributed by atoms with E-state index in [9.17, 15) is 18.0 Å². The number of aromatic amines is 1. The molecule has 0 aliphatic heterocycles. The number of H-pyrrole nitrogens is 1. The van der Waals surface area contributed by atoms with Crippen LogP contribution in [-0.4, -0.2) is 31.9 Å². The fourth-order valence-electron chi connectivity index (χ4n) is 1.40. The molecule has 1 amide bonds. The van der Waals surface area contributed by atoms with Gasteiger partial charge in [0.1, 0.15) is 5.02 Å². The summed E-state index contributed by atoms with van der Waals surface area (Å²) in [5, 5.41) is 2.39. The van der Waals surface area contributed by atoms with E-state index in [4.69, 9.17) is 11.6 Å². The third kappa shape index (κ3) is 5.14. The maximum absolute atomic E-state index is 12.1. The fraction of sp³-hybridized carbons (Fsp3) is 0.500. The maximum atomic E-state index is 12.1. The van der Waals surface area contributed by atoms with Gasteiger partial charge in [0, 0.05) is 12.7 Å². The molecule has 0 radical (unpaired) electrons. The van der Waals surface area contributed by atoms with Crippen molar-refractivity contribution in [3.8, 4) is 0 Å². The molecule has 0 saturated carbocycles. The molecule has 0 aromatic carbocycles. The topological polar surface area (TPSA) is 108 Å². The molecule has 0 fully saturated rings. The van der Waals surface area contributed by atoms with Gasteiger partial charge in [-0.2, -0.15) is 4.72 Å². The highest BCUT2D eigenvalue weighted by Crippen LogP contribution is 2.10. The Balaban J connectivity index is 2.82. The van der Waals surface area contributed by atoms with Crippen LogP contribution in [0.5, 0.6) is 0 Å². The smallest absolute Gasteiger partial charge is 0.266 e. The summed E-state index contributed by atoms with van der Waals surface area (Å²) in [5.74, 6) is -0.168. The lowest BCUT2D eigenvalue weighted by atomic mass is 10.2. The molecule has 118 valence electrons. The Morgan fingerprint density at radius 3 is 2.52 bits per heavy atom. The predicted molar refractivity (Wildman–Crippen MR) is 79.7 cm³/mol. The van der Waals surface area contributed by atoms with Gasteiger partial charge in [-0.25, -0.2) is 8.42 Å². The molecule has 0 spiro atoms. The normalized spacial score (nSPS) is 13.2. The number of carbonyl (C=O) groups is 1. The van der Waals surface area contributed by atoms with Crippen molar-refractivity contribution in [1.29, 1.82) is 0 Å². The van der Waals surface area contributed by atoms with Crippen molar-refractivity contribution in [2.45, 2.75) is 31.7 Å². The average molecular weight is 336 g/mol. The summed E-state index contributed by atoms with van der Waals surface area (Å²) in [6.45, 7) is 5.74. The molecule has 0 aliphatic carbocycles. The van der Waals surface area contributed by atoms with Crippen LogP contribution in [0.1, 0.15) is 20.8 Å². The van der Waals surface area contributed by atoms with E-state index >= 15 is 0 Å². The van der Waals surface area contributed by atoms with Crippen LogP contribution in [0, 0.1) is 5.92 Å². The van der Waals surface area contributed by atoms with Gasteiger partial charge >= 0.3 is 0 Å². The minimum absolute atomic E-state index is 0.212. The lowest BCUT2D eigenvalue weighted by molar-refractivity contribution is -0.122. The Hall–Kier alpha value is -1.38. The number of carbonyl (C=O) groups excluding carboxylic acids is 1. The van der Waals surface area contributed by atoms with Gasteiger partial charge in [0.05, 0.1) is 10.9 Å². The first-order valence-corrected chi connectivity index (χ1v) is 8.18. The minimum Gasteiger partial charge on any atom is -0.354 e. The zero-order chi connectivity index (χ0) is 16.2. The average Bonchev–Trinajstić information content (AvgIpc) is 2.38. The summed E-state index contributed by atoms with van der Waals surface area (Å²) < 4.78 is 26.4. The van der Waals surface area contributed by atoms with Crippen molar-refractivity contribution in [2.75, 3.05) is 6.54 Å². The Labute approximate surface area is 128 Å². The molecule has 1 atom stereocenters. The number of rotatable bonds is 6. The summed E-state index contributed by atoms with van der Waals surface area (Å²) in [6, 6.07) is 0.0843. The van der Waals surface area contributed by atoms with E-state index in [1.807, 2.05) is 13.8 Å². The number of amides is 1. The van der Waals surface area contributed by atoms with Crippen molar-refractivity contribution in [3.05, 3.63) is 27.6 Å². The fourth-order valence-corrected chi connectivity index (χ4v) is 2.84. The number of aromatic nitrogens is 1. The molecule has 1 unspecified atom stereocenters. The first kappa shape index (κ1) is 17.7. The van der Waals surface area contributed by atoms with E-state index in [1.54, 1.807) is 0 Å². The van der Waals surface area contributed by atoms with E-state index in [-0.39, 0.29) is 15.8 Å². The second-order valence-corrected chi connectivity index (χ2v) is 7.12. The molecule has 9 heteroatoms. The van der Waals surface area contributed by atoms with Crippen LogP contribution in [0.3, 0.4) is 0 Å². The SMILES string of the molecule is CC(C)CNC(=O)C(C)NS(=O)(=O)c1c[nH]c(=O)c(Cl)c1. The number of nitrogens with one attached hydrogen (secondary N) is 3. The molecule has 1 heterocycles. The van der Waals surface area contributed by atoms with Crippen molar-refractivity contribution >= 4 is 27.5 Å². The monoisotopic (exact) mass is 335 g/mol. The minimum atomic E-state index is -3.95. The lowest BCUT2D eigenvalue weighted by Crippen LogP contribution is -2.45. The molecule has 1 aromatic heterocycles. The largest absolute Gasteiger partial charge is 0.354 e. The third-order valence-electron chi connectivity index (χ3n) is 2.55. The highest BCUT2D eigenvalue weighted by Gasteiger charge is 2.22. The maximum Gasteiger partial charge on any atom is 0.266 e. The molecular formula is C12H18ClN3O4S. The molecule has 0 aliphatic rings. The summed E-state index contributed by atoms with van der Waals surface area (Å²) in [6.07, 6.45) is 1.02. The summed E-state index contributed by atoms with van der Waals surface area (Å²) in [5.41, 5.74) is -0.585. The van der Waals surface area contributed by atoms with Crippen molar-refractivity contribution in [2.24, 2.45) is 5.92 Å². The van der Waals surface area contributed by atoms with Crippen LogP contribution in [0.4, 0.5) is 0 Å². The summed E-state index contributed by atoms with van der Waals surface area (Å²) in [7, 11) is -3.95. The first-order chi connectivity index (χ1) is 9.63. The molecule has 3 N–H and O–H groups in total. The van der Waals surface area contributed by atoms with Crippen LogP contribution in [0.15, 0.2) is 22.0 Å². The van der Waals surface area contributed by atoms with Gasteiger partial charge in [-0.1, -0.05) is 25.4 Å². The summed E-state index contributed by atoms with van der Waals surface area (Å²) >= 11 is 5.59. The van der Waals surface area contributed by atoms with Crippen molar-refractivity contribution < 1.29 is 13.2 Å². The van der Waals surface area contributed by atoms with Gasteiger partial charge in [-0.15, -0.1) is 0 Å². The van der Waals surface area contributed by atoms with Crippen LogP contribution >= 0.6 is 11.6 Å². The van der Waals surface area contributed by atoms with Crippen molar-refractivity contribution in [3.63, 3.8) is 0 Å². The number of halogens is 1. The molecule has 0 saturated heterocycles. The quantitative estimate of drug-likeness (QED) is 0.702. The van der Waals surface area contributed by atoms with E-state index < -0.39 is 27.5 Å². The molecule has 0 bridgehead atoms. The highest BCUT2D eigenvalue weighted by atomic mass is 35.5. The lowest BCUT2D eigenvalue weighted by Gasteiger charge is -2.15. The third-order valence-corrected chi connectivity index (χ3v) is 4.35. The first-order valence-electron chi connectivity index (χ1n) is 6.31. The molecule has 1 rings (SSSR count). The number of sulfonamides is 1. The second kappa shape index (κ2) is 7.06. The standard InChI is InChI=1S/C12H18ClN3O4S/c1-7(2)5-14-11(17)8(3)16-21(19,20)9-4-10(13)12(18)15-6-9/h4,6-8,16H,5H2,1-3H3,(H,14,17)(H,15,18). The van der Waals surface area contributed by atoms with Crippen LogP contribution in [0.2, 0.25) is 5.02 Å². The Kier molecular flexibility index (Phi) is 5.94. The van der Waals surface area contributed by atoms with E-state index in [1.165, 1.54) is 6.92 Å². The van der Waals surface area contributed by atoms with Gasteiger partial charge in [0.25, 0.3) is 5.56 Å². The van der Waals surface area contributed by atoms with Gasteiger partial charge in [0.2, 0.25) is 15.9 Å². The van der Waals surface area contributed by atoms with Gasteiger partial charge < -0.3 is 10.3 Å². The van der Waals surface area contributed by atoms with Gasteiger partial charge in [-0.3, -0.25) is 9.59 Å². The van der Waals surface area contributed by atoms with Gasteiger partial charge in [0.15, 0.2) is 0 Å². The van der Waals surface area contributed by atoms with Crippen molar-refractivity contribution in [1.82, 2.24) is 15.0 Å².